The van der Waals surface area contributed by atoms with Gasteiger partial charge in [0.05, 0.1) is 11.8 Å². The first-order chi connectivity index (χ1) is 8.15. The lowest BCUT2D eigenvalue weighted by Crippen LogP contribution is -2.26. The van der Waals surface area contributed by atoms with Gasteiger partial charge in [-0.05, 0) is 18.9 Å². The monoisotopic (exact) mass is 241 g/mol. The Bertz CT molecular complexity index is 385. The number of amides is 1. The summed E-state index contributed by atoms with van der Waals surface area (Å²) in [5.41, 5.74) is 5.55. The van der Waals surface area contributed by atoms with Gasteiger partial charge < -0.3 is 15.8 Å². The van der Waals surface area contributed by atoms with Crippen molar-refractivity contribution in [3.8, 4) is 0 Å². The molecule has 6 heteroatoms. The minimum atomic E-state index is -0.580. The fourth-order valence-corrected chi connectivity index (χ4v) is 1.30. The number of nitrogen functional groups attached to an aromatic ring is 1. The van der Waals surface area contributed by atoms with E-state index in [9.17, 15) is 9.18 Å². The Morgan fingerprint density at radius 2 is 2.35 bits per heavy atom. The van der Waals surface area contributed by atoms with E-state index in [1.165, 1.54) is 0 Å². The van der Waals surface area contributed by atoms with Gasteiger partial charge in [0.25, 0.3) is 5.91 Å². The summed E-state index contributed by atoms with van der Waals surface area (Å²) in [5, 5.41) is 2.64. The molecular formula is C11H16FN3O2. The van der Waals surface area contributed by atoms with Crippen molar-refractivity contribution in [2.75, 3.05) is 26.0 Å². The molecule has 1 aromatic heterocycles. The molecule has 3 N–H and O–H groups in total. The van der Waals surface area contributed by atoms with Crippen LogP contribution in [0, 0.1) is 5.82 Å². The lowest BCUT2D eigenvalue weighted by Gasteiger charge is -2.06. The number of nitrogens with one attached hydrogen (secondary N) is 1. The molecule has 0 fully saturated rings. The average Bonchev–Trinajstić information content (AvgIpc) is 2.32. The van der Waals surface area contributed by atoms with Crippen LogP contribution in [0.5, 0.6) is 0 Å². The van der Waals surface area contributed by atoms with Gasteiger partial charge in [0.1, 0.15) is 11.6 Å². The molecule has 1 rings (SSSR count). The van der Waals surface area contributed by atoms with E-state index in [0.717, 1.165) is 25.1 Å². The molecule has 0 unspecified atom stereocenters. The molecule has 0 aliphatic heterocycles. The zero-order valence-corrected chi connectivity index (χ0v) is 9.70. The molecule has 0 spiro atoms. The molecule has 0 aliphatic rings. The average molecular weight is 241 g/mol. The van der Waals surface area contributed by atoms with Gasteiger partial charge in [0.2, 0.25) is 0 Å². The number of carbonyl (C=O) groups excluding carboxylic acids is 1. The third kappa shape index (κ3) is 4.36. The van der Waals surface area contributed by atoms with Crippen molar-refractivity contribution in [1.29, 1.82) is 0 Å². The van der Waals surface area contributed by atoms with Crippen LogP contribution in [-0.2, 0) is 4.74 Å². The second-order valence-corrected chi connectivity index (χ2v) is 3.54. The van der Waals surface area contributed by atoms with Gasteiger partial charge in [-0.25, -0.2) is 9.37 Å². The maximum absolute atomic E-state index is 12.9. The minimum absolute atomic E-state index is 0.0285. The zero-order valence-electron chi connectivity index (χ0n) is 9.70. The van der Waals surface area contributed by atoms with E-state index in [4.69, 9.17) is 10.5 Å². The number of methoxy groups -OCH3 is 1. The molecule has 0 saturated heterocycles. The van der Waals surface area contributed by atoms with Crippen LogP contribution in [0.2, 0.25) is 0 Å². The molecular weight excluding hydrogens is 225 g/mol. The first kappa shape index (κ1) is 13.4. The molecule has 17 heavy (non-hydrogen) atoms. The predicted molar refractivity (Wildman–Crippen MR) is 62.1 cm³/mol. The van der Waals surface area contributed by atoms with Crippen LogP contribution in [0.4, 0.5) is 10.2 Å². The summed E-state index contributed by atoms with van der Waals surface area (Å²) in [7, 11) is 1.62. The number of halogens is 1. The Hall–Kier alpha value is -1.69. The summed E-state index contributed by atoms with van der Waals surface area (Å²) < 4.78 is 17.8. The number of pyridine rings is 1. The summed E-state index contributed by atoms with van der Waals surface area (Å²) in [6, 6.07) is 1.08. The van der Waals surface area contributed by atoms with Gasteiger partial charge in [-0.1, -0.05) is 0 Å². The van der Waals surface area contributed by atoms with E-state index in [1.54, 1.807) is 7.11 Å². The molecule has 1 aromatic rings. The van der Waals surface area contributed by atoms with Crippen molar-refractivity contribution in [2.45, 2.75) is 12.8 Å². The fourth-order valence-electron chi connectivity index (χ4n) is 1.30. The lowest BCUT2D eigenvalue weighted by atomic mass is 10.2. The molecule has 0 saturated carbocycles. The third-order valence-electron chi connectivity index (χ3n) is 2.19. The number of hydrogen-bond donors (Lipinski definition) is 2. The summed E-state index contributed by atoms with van der Waals surface area (Å²) in [4.78, 5) is 15.2. The largest absolute Gasteiger partial charge is 0.385 e. The van der Waals surface area contributed by atoms with Gasteiger partial charge in [-0.3, -0.25) is 4.79 Å². The van der Waals surface area contributed by atoms with Crippen LogP contribution in [0.3, 0.4) is 0 Å². The molecule has 0 bridgehead atoms. The highest BCUT2D eigenvalue weighted by molar-refractivity contribution is 5.98. The van der Waals surface area contributed by atoms with Crippen molar-refractivity contribution in [3.05, 3.63) is 23.6 Å². The zero-order chi connectivity index (χ0) is 12.7. The fraction of sp³-hybridized carbons (Fsp3) is 0.455. The summed E-state index contributed by atoms with van der Waals surface area (Å²) in [5.74, 6) is -0.962. The maximum Gasteiger partial charge on any atom is 0.255 e. The Labute approximate surface area is 99.2 Å². The van der Waals surface area contributed by atoms with Gasteiger partial charge in [-0.2, -0.15) is 0 Å². The lowest BCUT2D eigenvalue weighted by molar-refractivity contribution is 0.0951. The highest BCUT2D eigenvalue weighted by Gasteiger charge is 2.11. The van der Waals surface area contributed by atoms with Crippen molar-refractivity contribution in [3.63, 3.8) is 0 Å². The number of rotatable bonds is 6. The number of ether oxygens (including phenoxy) is 1. The smallest absolute Gasteiger partial charge is 0.255 e. The van der Waals surface area contributed by atoms with Gasteiger partial charge in [0, 0.05) is 20.3 Å². The summed E-state index contributed by atoms with van der Waals surface area (Å²) in [6.07, 6.45) is 2.63. The number of hydrogen-bond acceptors (Lipinski definition) is 4. The SMILES string of the molecule is COCCCCNC(=O)c1cc(F)cnc1N. The molecule has 1 amide bonds. The predicted octanol–water partition coefficient (Wildman–Crippen LogP) is 0.959. The van der Waals surface area contributed by atoms with Gasteiger partial charge in [0.15, 0.2) is 0 Å². The molecule has 94 valence electrons. The highest BCUT2D eigenvalue weighted by atomic mass is 19.1. The van der Waals surface area contributed by atoms with Crippen LogP contribution in [-0.4, -0.2) is 31.2 Å². The Morgan fingerprint density at radius 1 is 1.59 bits per heavy atom. The number of nitrogens with zero attached hydrogens (tertiary/aromatic N) is 1. The summed E-state index contributed by atoms with van der Waals surface area (Å²) >= 11 is 0. The third-order valence-corrected chi connectivity index (χ3v) is 2.19. The molecule has 1 heterocycles. The number of unbranched alkanes of at least 4 members (excludes halogenated alkanes) is 1. The van der Waals surface area contributed by atoms with Crippen LogP contribution in [0.25, 0.3) is 0 Å². The molecule has 0 atom stereocenters. The van der Waals surface area contributed by atoms with Crippen molar-refractivity contribution in [2.24, 2.45) is 0 Å². The van der Waals surface area contributed by atoms with E-state index >= 15 is 0 Å². The first-order valence-corrected chi connectivity index (χ1v) is 5.33. The van der Waals surface area contributed by atoms with Gasteiger partial charge in [-0.15, -0.1) is 0 Å². The van der Waals surface area contributed by atoms with Crippen LogP contribution in [0.15, 0.2) is 12.3 Å². The number of carbonyl (C=O) groups is 1. The molecule has 0 aromatic carbocycles. The quantitative estimate of drug-likeness (QED) is 0.727. The van der Waals surface area contributed by atoms with E-state index in [0.29, 0.717) is 13.2 Å². The van der Waals surface area contributed by atoms with E-state index in [1.807, 2.05) is 0 Å². The van der Waals surface area contributed by atoms with Crippen LogP contribution < -0.4 is 11.1 Å². The van der Waals surface area contributed by atoms with Crippen LogP contribution >= 0.6 is 0 Å². The minimum Gasteiger partial charge on any atom is -0.385 e. The number of nitrogens with two attached hydrogens (primary N) is 1. The Kier molecular flexibility index (Phi) is 5.35. The maximum atomic E-state index is 12.9. The van der Waals surface area contributed by atoms with Crippen molar-refractivity contribution in [1.82, 2.24) is 10.3 Å². The molecule has 5 nitrogen and oxygen atoms in total. The van der Waals surface area contributed by atoms with Crippen molar-refractivity contribution >= 4 is 11.7 Å². The normalized spacial score (nSPS) is 10.2. The van der Waals surface area contributed by atoms with E-state index in [2.05, 4.69) is 10.3 Å². The Balaban J connectivity index is 2.44. The standard InChI is InChI=1S/C11H16FN3O2/c1-17-5-3-2-4-14-11(16)9-6-8(12)7-15-10(9)13/h6-7H,2-5H2,1H3,(H2,13,15)(H,14,16). The summed E-state index contributed by atoms with van der Waals surface area (Å²) in [6.45, 7) is 1.15. The molecule has 0 radical (unpaired) electrons. The van der Waals surface area contributed by atoms with Crippen LogP contribution in [0.1, 0.15) is 23.2 Å². The van der Waals surface area contributed by atoms with E-state index in [-0.39, 0.29) is 11.4 Å². The first-order valence-electron chi connectivity index (χ1n) is 5.33. The molecule has 0 aliphatic carbocycles. The Morgan fingerprint density at radius 3 is 3.06 bits per heavy atom. The second kappa shape index (κ2) is 6.80. The number of aromatic nitrogens is 1. The van der Waals surface area contributed by atoms with Gasteiger partial charge >= 0.3 is 0 Å². The van der Waals surface area contributed by atoms with E-state index < -0.39 is 11.7 Å². The second-order valence-electron chi connectivity index (χ2n) is 3.54. The highest BCUT2D eigenvalue weighted by Crippen LogP contribution is 2.09. The van der Waals surface area contributed by atoms with Crippen molar-refractivity contribution < 1.29 is 13.9 Å². The number of anilines is 1. The topological polar surface area (TPSA) is 77.2 Å².